The monoisotopic (exact) mass is 199 g/mol. The third-order valence-electron chi connectivity index (χ3n) is 2.22. The van der Waals surface area contributed by atoms with Crippen LogP contribution in [0.5, 0.6) is 0 Å². The number of hydrogen-bond donors (Lipinski definition) is 1. The van der Waals surface area contributed by atoms with Gasteiger partial charge in [0, 0.05) is 6.54 Å². The average Bonchev–Trinajstić information content (AvgIpc) is 2.02. The lowest BCUT2D eigenvalue weighted by Gasteiger charge is -2.24. The predicted octanol–water partition coefficient (Wildman–Crippen LogP) is 1.72. The van der Waals surface area contributed by atoms with Crippen LogP contribution in [0.3, 0.4) is 0 Å². The molecule has 1 N–H and O–H groups in total. The zero-order valence-corrected chi connectivity index (χ0v) is 9.43. The van der Waals surface area contributed by atoms with Crippen LogP contribution in [0.1, 0.15) is 40.0 Å². The van der Waals surface area contributed by atoms with Crippen molar-refractivity contribution in [1.29, 1.82) is 0 Å². The van der Waals surface area contributed by atoms with E-state index in [1.165, 1.54) is 0 Å². The minimum atomic E-state index is -0.0637. The summed E-state index contributed by atoms with van der Waals surface area (Å²) in [4.78, 5) is 11.5. The van der Waals surface area contributed by atoms with Gasteiger partial charge in [-0.05, 0) is 24.8 Å². The van der Waals surface area contributed by atoms with Gasteiger partial charge in [0.1, 0.15) is 6.10 Å². The molecule has 1 fully saturated rings. The van der Waals surface area contributed by atoms with E-state index in [1.807, 2.05) is 20.8 Å². The number of piperidine rings is 1. The maximum Gasteiger partial charge on any atom is 0.306 e. The van der Waals surface area contributed by atoms with Gasteiger partial charge in [0.15, 0.2) is 0 Å². The molecule has 3 nitrogen and oxygen atoms in total. The summed E-state index contributed by atoms with van der Waals surface area (Å²) in [6.07, 6.45) is 2.71. The van der Waals surface area contributed by atoms with E-state index in [0.717, 1.165) is 25.9 Å². The van der Waals surface area contributed by atoms with Gasteiger partial charge in [0.25, 0.3) is 0 Å². The first-order valence-corrected chi connectivity index (χ1v) is 5.37. The first-order chi connectivity index (χ1) is 6.47. The summed E-state index contributed by atoms with van der Waals surface area (Å²) in [5, 5.41) is 3.23. The molecular weight excluding hydrogens is 178 g/mol. The summed E-state index contributed by atoms with van der Waals surface area (Å²) < 4.78 is 5.37. The Morgan fingerprint density at radius 1 is 1.50 bits per heavy atom. The molecule has 1 heterocycles. The molecule has 14 heavy (non-hydrogen) atoms. The number of hydrogen-bond acceptors (Lipinski definition) is 3. The van der Waals surface area contributed by atoms with E-state index in [4.69, 9.17) is 4.74 Å². The quantitative estimate of drug-likeness (QED) is 0.688. The molecule has 1 saturated heterocycles. The Balaban J connectivity index is 2.25. The zero-order chi connectivity index (χ0) is 10.6. The second-order valence-electron chi connectivity index (χ2n) is 5.20. The highest BCUT2D eigenvalue weighted by Gasteiger charge is 2.21. The van der Waals surface area contributed by atoms with E-state index in [0.29, 0.717) is 6.42 Å². The number of esters is 1. The molecule has 0 aromatic rings. The number of carbonyl (C=O) groups is 1. The van der Waals surface area contributed by atoms with Crippen molar-refractivity contribution >= 4 is 5.97 Å². The molecule has 0 radical (unpaired) electrons. The van der Waals surface area contributed by atoms with Crippen molar-refractivity contribution in [1.82, 2.24) is 5.32 Å². The topological polar surface area (TPSA) is 38.3 Å². The standard InChI is InChI=1S/C11H21NO2/c1-11(2,3)7-10(13)14-9-5-4-6-12-8-9/h9,12H,4-8H2,1-3H3. The maximum atomic E-state index is 11.5. The molecule has 0 spiro atoms. The van der Waals surface area contributed by atoms with Gasteiger partial charge in [-0.3, -0.25) is 4.79 Å². The Bertz CT molecular complexity index is 190. The Hall–Kier alpha value is -0.570. The van der Waals surface area contributed by atoms with E-state index >= 15 is 0 Å². The van der Waals surface area contributed by atoms with Gasteiger partial charge >= 0.3 is 5.97 Å². The Morgan fingerprint density at radius 3 is 2.71 bits per heavy atom. The number of nitrogens with one attached hydrogen (secondary N) is 1. The molecule has 0 aliphatic carbocycles. The molecule has 0 bridgehead atoms. The summed E-state index contributed by atoms with van der Waals surface area (Å²) in [5.74, 6) is -0.0637. The summed E-state index contributed by atoms with van der Waals surface area (Å²) >= 11 is 0. The van der Waals surface area contributed by atoms with E-state index in [1.54, 1.807) is 0 Å². The maximum absolute atomic E-state index is 11.5. The molecule has 3 heteroatoms. The Morgan fingerprint density at radius 2 is 2.21 bits per heavy atom. The molecule has 0 saturated carbocycles. The molecule has 82 valence electrons. The van der Waals surface area contributed by atoms with Crippen molar-refractivity contribution in [3.8, 4) is 0 Å². The molecule has 0 amide bonds. The van der Waals surface area contributed by atoms with Gasteiger partial charge in [0.2, 0.25) is 0 Å². The lowest BCUT2D eigenvalue weighted by Crippen LogP contribution is -2.37. The predicted molar refractivity (Wildman–Crippen MR) is 56.1 cm³/mol. The van der Waals surface area contributed by atoms with Crippen LogP contribution in [0.4, 0.5) is 0 Å². The number of rotatable bonds is 2. The minimum absolute atomic E-state index is 0.0270. The van der Waals surface area contributed by atoms with Gasteiger partial charge in [-0.1, -0.05) is 20.8 Å². The van der Waals surface area contributed by atoms with Crippen LogP contribution < -0.4 is 5.32 Å². The molecule has 1 unspecified atom stereocenters. The summed E-state index contributed by atoms with van der Waals surface area (Å²) in [6.45, 7) is 8.01. The van der Waals surface area contributed by atoms with E-state index in [2.05, 4.69) is 5.32 Å². The van der Waals surface area contributed by atoms with Crippen molar-refractivity contribution in [2.24, 2.45) is 5.41 Å². The van der Waals surface area contributed by atoms with E-state index in [9.17, 15) is 4.79 Å². The SMILES string of the molecule is CC(C)(C)CC(=O)OC1CCCNC1. The lowest BCUT2D eigenvalue weighted by atomic mass is 9.92. The third-order valence-corrected chi connectivity index (χ3v) is 2.22. The third kappa shape index (κ3) is 4.61. The molecule has 0 aromatic carbocycles. The van der Waals surface area contributed by atoms with E-state index in [-0.39, 0.29) is 17.5 Å². The first-order valence-electron chi connectivity index (χ1n) is 5.37. The minimum Gasteiger partial charge on any atom is -0.461 e. The fourth-order valence-electron chi connectivity index (χ4n) is 1.58. The Labute approximate surface area is 86.2 Å². The molecule has 1 aliphatic rings. The lowest BCUT2D eigenvalue weighted by molar-refractivity contribution is -0.151. The van der Waals surface area contributed by atoms with Crippen LogP contribution in [0.2, 0.25) is 0 Å². The van der Waals surface area contributed by atoms with Crippen LogP contribution in [0.15, 0.2) is 0 Å². The fourth-order valence-corrected chi connectivity index (χ4v) is 1.58. The van der Waals surface area contributed by atoms with Crippen molar-refractivity contribution in [3.05, 3.63) is 0 Å². The highest BCUT2D eigenvalue weighted by Crippen LogP contribution is 2.20. The van der Waals surface area contributed by atoms with Crippen LogP contribution in [-0.4, -0.2) is 25.2 Å². The van der Waals surface area contributed by atoms with Crippen molar-refractivity contribution in [2.75, 3.05) is 13.1 Å². The number of carbonyl (C=O) groups excluding carboxylic acids is 1. The molecule has 0 aromatic heterocycles. The smallest absolute Gasteiger partial charge is 0.306 e. The molecule has 1 atom stereocenters. The summed E-state index contributed by atoms with van der Waals surface area (Å²) in [7, 11) is 0. The van der Waals surface area contributed by atoms with Crippen molar-refractivity contribution in [2.45, 2.75) is 46.1 Å². The van der Waals surface area contributed by atoms with Crippen molar-refractivity contribution < 1.29 is 9.53 Å². The second kappa shape index (κ2) is 4.78. The molecular formula is C11H21NO2. The second-order valence-corrected chi connectivity index (χ2v) is 5.20. The van der Waals surface area contributed by atoms with Gasteiger partial charge in [-0.25, -0.2) is 0 Å². The number of ether oxygens (including phenoxy) is 1. The molecule has 1 aliphatic heterocycles. The van der Waals surface area contributed by atoms with Crippen LogP contribution in [0, 0.1) is 5.41 Å². The van der Waals surface area contributed by atoms with Gasteiger partial charge in [0.05, 0.1) is 6.42 Å². The summed E-state index contributed by atoms with van der Waals surface area (Å²) in [5.41, 5.74) is 0.0270. The zero-order valence-electron chi connectivity index (χ0n) is 9.43. The van der Waals surface area contributed by atoms with Crippen LogP contribution in [-0.2, 0) is 9.53 Å². The van der Waals surface area contributed by atoms with Gasteiger partial charge in [-0.2, -0.15) is 0 Å². The summed E-state index contributed by atoms with van der Waals surface area (Å²) in [6, 6.07) is 0. The first kappa shape index (κ1) is 11.5. The normalized spacial score (nSPS) is 23.2. The molecule has 1 rings (SSSR count). The van der Waals surface area contributed by atoms with E-state index < -0.39 is 0 Å². The van der Waals surface area contributed by atoms with Crippen LogP contribution in [0.25, 0.3) is 0 Å². The largest absolute Gasteiger partial charge is 0.461 e. The van der Waals surface area contributed by atoms with Gasteiger partial charge in [-0.15, -0.1) is 0 Å². The van der Waals surface area contributed by atoms with Crippen molar-refractivity contribution in [3.63, 3.8) is 0 Å². The highest BCUT2D eigenvalue weighted by molar-refractivity contribution is 5.70. The highest BCUT2D eigenvalue weighted by atomic mass is 16.5. The average molecular weight is 199 g/mol. The van der Waals surface area contributed by atoms with Gasteiger partial charge < -0.3 is 10.1 Å². The fraction of sp³-hybridized carbons (Fsp3) is 0.909. The van der Waals surface area contributed by atoms with Crippen LogP contribution >= 0.6 is 0 Å². The Kier molecular flexibility index (Phi) is 3.93.